The lowest BCUT2D eigenvalue weighted by atomic mass is 10.0. The fourth-order valence-electron chi connectivity index (χ4n) is 1.64. The Morgan fingerprint density at radius 1 is 1.47 bits per heavy atom. The molecule has 0 saturated carbocycles. The molecule has 0 atom stereocenters. The normalized spacial score (nSPS) is 10.1. The molecule has 1 aromatic heterocycles. The van der Waals surface area contributed by atoms with Crippen LogP contribution in [0.25, 0.3) is 0 Å². The molecule has 0 fully saturated rings. The van der Waals surface area contributed by atoms with Crippen LogP contribution in [0.1, 0.15) is 29.3 Å². The number of hydrogen-bond acceptors (Lipinski definition) is 4. The summed E-state index contributed by atoms with van der Waals surface area (Å²) in [6.45, 7) is 3.80. The first-order chi connectivity index (χ1) is 7.19. The molecule has 4 heteroatoms. The molecule has 0 unspecified atom stereocenters. The summed E-state index contributed by atoms with van der Waals surface area (Å²) < 4.78 is 0. The van der Waals surface area contributed by atoms with Crippen LogP contribution in [0.2, 0.25) is 0 Å². The van der Waals surface area contributed by atoms with Gasteiger partial charge in [-0.25, -0.2) is 4.98 Å². The second-order valence-corrected chi connectivity index (χ2v) is 3.96. The van der Waals surface area contributed by atoms with E-state index in [2.05, 4.69) is 11.1 Å². The van der Waals surface area contributed by atoms with Crippen molar-refractivity contribution in [3.05, 3.63) is 22.4 Å². The summed E-state index contributed by atoms with van der Waals surface area (Å²) in [5, 5.41) is 19.1. The van der Waals surface area contributed by atoms with Crippen LogP contribution in [0.5, 0.6) is 0 Å². The Bertz CT molecular complexity index is 410. The lowest BCUT2D eigenvalue weighted by Gasteiger charge is -2.12. The molecule has 0 aliphatic rings. The van der Waals surface area contributed by atoms with Crippen LogP contribution in [0.3, 0.4) is 0 Å². The summed E-state index contributed by atoms with van der Waals surface area (Å²) in [6, 6.07) is 2.17. The summed E-state index contributed by atoms with van der Waals surface area (Å²) in [5.74, 6) is 0. The minimum absolute atomic E-state index is 0.0503. The van der Waals surface area contributed by atoms with Crippen molar-refractivity contribution >= 4 is 11.8 Å². The van der Waals surface area contributed by atoms with E-state index < -0.39 is 0 Å². The third-order valence-corrected chi connectivity index (χ3v) is 3.08. The van der Waals surface area contributed by atoms with E-state index in [1.54, 1.807) is 0 Å². The fourth-order valence-corrected chi connectivity index (χ4v) is 2.24. The zero-order chi connectivity index (χ0) is 11.4. The molecule has 80 valence electrons. The first-order valence-electron chi connectivity index (χ1n) is 4.76. The molecule has 0 saturated heterocycles. The highest BCUT2D eigenvalue weighted by molar-refractivity contribution is 7.98. The van der Waals surface area contributed by atoms with Crippen molar-refractivity contribution in [1.82, 2.24) is 4.98 Å². The zero-order valence-corrected chi connectivity index (χ0v) is 9.98. The van der Waals surface area contributed by atoms with E-state index >= 15 is 0 Å². The van der Waals surface area contributed by atoms with Gasteiger partial charge in [0.25, 0.3) is 0 Å². The molecule has 0 aliphatic heterocycles. The predicted octanol–water partition coefficient (Wildman–Crippen LogP) is 2.04. The predicted molar refractivity (Wildman–Crippen MR) is 60.8 cm³/mol. The van der Waals surface area contributed by atoms with Gasteiger partial charge in [0.15, 0.2) is 0 Å². The van der Waals surface area contributed by atoms with Crippen LogP contribution in [0, 0.1) is 18.3 Å². The molecule has 1 aromatic rings. The van der Waals surface area contributed by atoms with Gasteiger partial charge in [-0.15, -0.1) is 11.8 Å². The number of rotatable bonds is 3. The molecule has 0 aliphatic carbocycles. The number of aryl methyl sites for hydroxylation is 1. The molecule has 0 amide bonds. The van der Waals surface area contributed by atoms with Crippen LogP contribution in [0.4, 0.5) is 0 Å². The fraction of sp³-hybridized carbons (Fsp3) is 0.455. The number of aliphatic hydroxyl groups excluding tert-OH is 1. The molecule has 0 radical (unpaired) electrons. The smallest absolute Gasteiger partial charge is 0.114 e. The Hall–Kier alpha value is -1.05. The van der Waals surface area contributed by atoms with Gasteiger partial charge in [0.1, 0.15) is 11.1 Å². The number of pyridine rings is 1. The molecular weight excluding hydrogens is 208 g/mol. The van der Waals surface area contributed by atoms with E-state index in [9.17, 15) is 5.11 Å². The lowest BCUT2D eigenvalue weighted by molar-refractivity contribution is 0.279. The van der Waals surface area contributed by atoms with Gasteiger partial charge in [0.05, 0.1) is 12.2 Å². The van der Waals surface area contributed by atoms with Crippen LogP contribution in [-0.2, 0) is 13.0 Å². The summed E-state index contributed by atoms with van der Waals surface area (Å²) in [4.78, 5) is 4.32. The Morgan fingerprint density at radius 2 is 2.13 bits per heavy atom. The molecule has 1 N–H and O–H groups in total. The molecule has 0 spiro atoms. The minimum Gasteiger partial charge on any atom is -0.392 e. The van der Waals surface area contributed by atoms with E-state index in [0.29, 0.717) is 5.56 Å². The van der Waals surface area contributed by atoms with Crippen LogP contribution >= 0.6 is 11.8 Å². The highest BCUT2D eigenvalue weighted by atomic mass is 32.2. The molecular formula is C11H14N2OS. The zero-order valence-electron chi connectivity index (χ0n) is 9.16. The van der Waals surface area contributed by atoms with Gasteiger partial charge in [0, 0.05) is 11.3 Å². The Labute approximate surface area is 94.2 Å². The molecule has 1 rings (SSSR count). The second-order valence-electron chi connectivity index (χ2n) is 3.16. The second kappa shape index (κ2) is 5.15. The molecule has 0 bridgehead atoms. The maximum Gasteiger partial charge on any atom is 0.114 e. The van der Waals surface area contributed by atoms with Gasteiger partial charge in [0.2, 0.25) is 0 Å². The Morgan fingerprint density at radius 3 is 2.53 bits per heavy atom. The SMILES string of the molecule is CCc1c(C#N)c(SC)nc(C)c1CO. The maximum atomic E-state index is 9.26. The van der Waals surface area contributed by atoms with Crippen molar-refractivity contribution in [2.45, 2.75) is 31.9 Å². The number of aromatic nitrogens is 1. The molecule has 1 heterocycles. The summed E-state index contributed by atoms with van der Waals surface area (Å²) in [6.07, 6.45) is 2.65. The van der Waals surface area contributed by atoms with E-state index in [4.69, 9.17) is 5.26 Å². The average Bonchev–Trinajstić information content (AvgIpc) is 2.27. The van der Waals surface area contributed by atoms with Gasteiger partial charge < -0.3 is 5.11 Å². The largest absolute Gasteiger partial charge is 0.392 e. The maximum absolute atomic E-state index is 9.26. The lowest BCUT2D eigenvalue weighted by Crippen LogP contribution is -2.05. The van der Waals surface area contributed by atoms with Gasteiger partial charge in [-0.2, -0.15) is 5.26 Å². The highest BCUT2D eigenvalue weighted by Crippen LogP contribution is 2.26. The Balaban J connectivity index is 3.53. The van der Waals surface area contributed by atoms with E-state index in [1.807, 2.05) is 20.1 Å². The van der Waals surface area contributed by atoms with Crippen LogP contribution in [0.15, 0.2) is 5.03 Å². The van der Waals surface area contributed by atoms with Gasteiger partial charge in [-0.1, -0.05) is 6.92 Å². The monoisotopic (exact) mass is 222 g/mol. The average molecular weight is 222 g/mol. The number of nitrogens with zero attached hydrogens (tertiary/aromatic N) is 2. The first-order valence-corrected chi connectivity index (χ1v) is 5.99. The topological polar surface area (TPSA) is 56.9 Å². The number of aliphatic hydroxyl groups is 1. The first kappa shape index (κ1) is 12.0. The molecule has 3 nitrogen and oxygen atoms in total. The van der Waals surface area contributed by atoms with Crippen molar-refractivity contribution in [2.24, 2.45) is 0 Å². The summed E-state index contributed by atoms with van der Waals surface area (Å²) in [5.41, 5.74) is 3.15. The summed E-state index contributed by atoms with van der Waals surface area (Å²) >= 11 is 1.47. The molecule has 0 aromatic carbocycles. The van der Waals surface area contributed by atoms with Crippen molar-refractivity contribution in [3.8, 4) is 6.07 Å². The highest BCUT2D eigenvalue weighted by Gasteiger charge is 2.15. The minimum atomic E-state index is -0.0503. The third-order valence-electron chi connectivity index (χ3n) is 2.40. The summed E-state index contributed by atoms with van der Waals surface area (Å²) in [7, 11) is 0. The third kappa shape index (κ3) is 2.14. The van der Waals surface area contributed by atoms with Gasteiger partial charge in [-0.3, -0.25) is 0 Å². The standard InChI is InChI=1S/C11H14N2OS/c1-4-8-9(5-12)11(15-3)13-7(2)10(8)6-14/h14H,4,6H2,1-3H3. The van der Waals surface area contributed by atoms with Crippen molar-refractivity contribution in [1.29, 1.82) is 5.26 Å². The van der Waals surface area contributed by atoms with Crippen molar-refractivity contribution < 1.29 is 5.11 Å². The van der Waals surface area contributed by atoms with E-state index in [1.165, 1.54) is 11.8 Å². The van der Waals surface area contributed by atoms with Crippen molar-refractivity contribution in [2.75, 3.05) is 6.26 Å². The van der Waals surface area contributed by atoms with E-state index in [-0.39, 0.29) is 6.61 Å². The van der Waals surface area contributed by atoms with Gasteiger partial charge in [-0.05, 0) is 25.2 Å². The number of hydrogen-bond donors (Lipinski definition) is 1. The Kier molecular flexibility index (Phi) is 4.13. The van der Waals surface area contributed by atoms with Crippen molar-refractivity contribution in [3.63, 3.8) is 0 Å². The van der Waals surface area contributed by atoms with Crippen LogP contribution in [-0.4, -0.2) is 16.3 Å². The molecule has 15 heavy (non-hydrogen) atoms. The van der Waals surface area contributed by atoms with Gasteiger partial charge >= 0.3 is 0 Å². The van der Waals surface area contributed by atoms with E-state index in [0.717, 1.165) is 28.3 Å². The van der Waals surface area contributed by atoms with Crippen LogP contribution < -0.4 is 0 Å². The number of nitriles is 1. The quantitative estimate of drug-likeness (QED) is 0.795. The number of thioether (sulfide) groups is 1.